The molecule has 0 amide bonds. The first-order chi connectivity index (χ1) is 6.64. The van der Waals surface area contributed by atoms with E-state index in [4.69, 9.17) is 0 Å². The smallest absolute Gasteiger partial charge is 0.00798 e. The molecule has 1 fully saturated rings. The minimum atomic E-state index is 0.458. The van der Waals surface area contributed by atoms with Gasteiger partial charge in [-0.2, -0.15) is 0 Å². The number of hydrogen-bond acceptors (Lipinski definition) is 2. The summed E-state index contributed by atoms with van der Waals surface area (Å²) in [7, 11) is 0. The van der Waals surface area contributed by atoms with Crippen molar-refractivity contribution < 1.29 is 0 Å². The summed E-state index contributed by atoms with van der Waals surface area (Å²) in [5.41, 5.74) is 0.458. The van der Waals surface area contributed by atoms with Gasteiger partial charge in [0, 0.05) is 12.6 Å². The highest BCUT2D eigenvalue weighted by molar-refractivity contribution is 4.77. The molecule has 2 heteroatoms. The summed E-state index contributed by atoms with van der Waals surface area (Å²) in [5, 5.41) is 7.16. The van der Waals surface area contributed by atoms with Gasteiger partial charge in [0.15, 0.2) is 0 Å². The van der Waals surface area contributed by atoms with Gasteiger partial charge in [-0.05, 0) is 44.2 Å². The first-order valence-corrected chi connectivity index (χ1v) is 6.08. The molecule has 1 heterocycles. The molecule has 1 aliphatic heterocycles. The molecule has 1 saturated heterocycles. The van der Waals surface area contributed by atoms with Crippen LogP contribution in [0.5, 0.6) is 0 Å². The first kappa shape index (κ1) is 12.0. The number of rotatable bonds is 4. The zero-order valence-corrected chi connectivity index (χ0v) is 10.0. The molecule has 84 valence electrons. The second-order valence-corrected chi connectivity index (χ2v) is 5.28. The fourth-order valence-electron chi connectivity index (χ4n) is 1.77. The zero-order chi connectivity index (χ0) is 10.4. The molecule has 14 heavy (non-hydrogen) atoms. The van der Waals surface area contributed by atoms with E-state index in [0.29, 0.717) is 5.41 Å². The average Bonchev–Trinajstić information content (AvgIpc) is 2.43. The average molecular weight is 198 g/mol. The molecule has 0 radical (unpaired) electrons. The summed E-state index contributed by atoms with van der Waals surface area (Å²) in [6.45, 7) is 10.5. The molecule has 1 atom stereocenters. The molecular weight excluding hydrogens is 172 g/mol. The van der Waals surface area contributed by atoms with E-state index in [2.05, 4.69) is 31.4 Å². The predicted octanol–water partition coefficient (Wildman–Crippen LogP) is 2.15. The SMILES string of the molecule is CCC(C)(C)CNC1CCCNCC1. The van der Waals surface area contributed by atoms with E-state index < -0.39 is 0 Å². The predicted molar refractivity (Wildman–Crippen MR) is 62.6 cm³/mol. The highest BCUT2D eigenvalue weighted by atomic mass is 14.9. The molecule has 1 unspecified atom stereocenters. The minimum absolute atomic E-state index is 0.458. The quantitative estimate of drug-likeness (QED) is 0.723. The largest absolute Gasteiger partial charge is 0.317 e. The van der Waals surface area contributed by atoms with Crippen molar-refractivity contribution in [2.75, 3.05) is 19.6 Å². The van der Waals surface area contributed by atoms with Crippen molar-refractivity contribution in [2.45, 2.75) is 52.5 Å². The summed E-state index contributed by atoms with van der Waals surface area (Å²) in [4.78, 5) is 0. The Morgan fingerprint density at radius 2 is 2.07 bits per heavy atom. The first-order valence-electron chi connectivity index (χ1n) is 6.08. The minimum Gasteiger partial charge on any atom is -0.317 e. The van der Waals surface area contributed by atoms with E-state index in [1.165, 1.54) is 38.8 Å². The van der Waals surface area contributed by atoms with Crippen LogP contribution >= 0.6 is 0 Å². The molecule has 0 bridgehead atoms. The summed E-state index contributed by atoms with van der Waals surface area (Å²) in [6, 6.07) is 0.746. The summed E-state index contributed by atoms with van der Waals surface area (Å²) in [5.74, 6) is 0. The fraction of sp³-hybridized carbons (Fsp3) is 1.00. The number of hydrogen-bond donors (Lipinski definition) is 2. The Bertz CT molecular complexity index is 146. The Kier molecular flexibility index (Phi) is 4.90. The van der Waals surface area contributed by atoms with Gasteiger partial charge in [0.2, 0.25) is 0 Å². The van der Waals surface area contributed by atoms with Crippen molar-refractivity contribution in [1.82, 2.24) is 10.6 Å². The Morgan fingerprint density at radius 3 is 2.79 bits per heavy atom. The number of nitrogens with one attached hydrogen (secondary N) is 2. The van der Waals surface area contributed by atoms with Gasteiger partial charge in [0.1, 0.15) is 0 Å². The van der Waals surface area contributed by atoms with Crippen LogP contribution in [0.3, 0.4) is 0 Å². The van der Waals surface area contributed by atoms with Gasteiger partial charge in [-0.3, -0.25) is 0 Å². The lowest BCUT2D eigenvalue weighted by Gasteiger charge is -2.26. The molecule has 0 aliphatic carbocycles. The molecule has 0 aromatic heterocycles. The Balaban J connectivity index is 2.22. The molecule has 0 aromatic carbocycles. The monoisotopic (exact) mass is 198 g/mol. The van der Waals surface area contributed by atoms with E-state index in [1.54, 1.807) is 0 Å². The maximum absolute atomic E-state index is 3.71. The molecule has 1 rings (SSSR count). The fourth-order valence-corrected chi connectivity index (χ4v) is 1.77. The summed E-state index contributed by atoms with van der Waals surface area (Å²) in [6.07, 6.45) is 5.21. The summed E-state index contributed by atoms with van der Waals surface area (Å²) < 4.78 is 0. The van der Waals surface area contributed by atoms with Crippen molar-refractivity contribution in [3.05, 3.63) is 0 Å². The van der Waals surface area contributed by atoms with Gasteiger partial charge in [0.25, 0.3) is 0 Å². The Morgan fingerprint density at radius 1 is 1.29 bits per heavy atom. The third kappa shape index (κ3) is 4.43. The van der Waals surface area contributed by atoms with Crippen molar-refractivity contribution in [3.8, 4) is 0 Å². The lowest BCUT2D eigenvalue weighted by molar-refractivity contribution is 0.300. The van der Waals surface area contributed by atoms with Crippen LogP contribution in [0, 0.1) is 5.41 Å². The van der Waals surface area contributed by atoms with E-state index in [1.807, 2.05) is 0 Å². The summed E-state index contributed by atoms with van der Waals surface area (Å²) >= 11 is 0. The second-order valence-electron chi connectivity index (χ2n) is 5.28. The Labute approximate surface area is 88.8 Å². The van der Waals surface area contributed by atoms with Gasteiger partial charge in [0.05, 0.1) is 0 Å². The van der Waals surface area contributed by atoms with Gasteiger partial charge < -0.3 is 10.6 Å². The van der Waals surface area contributed by atoms with Crippen LogP contribution in [-0.2, 0) is 0 Å². The van der Waals surface area contributed by atoms with Gasteiger partial charge >= 0.3 is 0 Å². The molecule has 0 saturated carbocycles. The lowest BCUT2D eigenvalue weighted by atomic mass is 9.90. The Hall–Kier alpha value is -0.0800. The zero-order valence-electron chi connectivity index (χ0n) is 10.0. The standard InChI is InChI=1S/C12H26N2/c1-4-12(2,3)10-14-11-6-5-8-13-9-7-11/h11,13-14H,4-10H2,1-3H3. The van der Waals surface area contributed by atoms with E-state index in [0.717, 1.165) is 12.6 Å². The van der Waals surface area contributed by atoms with Crippen LogP contribution in [0.4, 0.5) is 0 Å². The normalized spacial score (nSPS) is 24.6. The molecule has 1 aliphatic rings. The molecule has 2 N–H and O–H groups in total. The van der Waals surface area contributed by atoms with Crippen LogP contribution in [-0.4, -0.2) is 25.7 Å². The van der Waals surface area contributed by atoms with Crippen molar-refractivity contribution in [1.29, 1.82) is 0 Å². The second kappa shape index (κ2) is 5.72. The van der Waals surface area contributed by atoms with Gasteiger partial charge in [-0.25, -0.2) is 0 Å². The molecule has 2 nitrogen and oxygen atoms in total. The molecule has 0 aromatic rings. The van der Waals surface area contributed by atoms with Crippen LogP contribution in [0.25, 0.3) is 0 Å². The third-order valence-electron chi connectivity index (χ3n) is 3.40. The van der Waals surface area contributed by atoms with Crippen LogP contribution < -0.4 is 10.6 Å². The molecular formula is C12H26N2. The molecule has 0 spiro atoms. The topological polar surface area (TPSA) is 24.1 Å². The van der Waals surface area contributed by atoms with Gasteiger partial charge in [-0.1, -0.05) is 20.8 Å². The van der Waals surface area contributed by atoms with Crippen molar-refractivity contribution in [2.24, 2.45) is 5.41 Å². The highest BCUT2D eigenvalue weighted by Gasteiger charge is 2.18. The van der Waals surface area contributed by atoms with Crippen LogP contribution in [0.2, 0.25) is 0 Å². The van der Waals surface area contributed by atoms with Gasteiger partial charge in [-0.15, -0.1) is 0 Å². The van der Waals surface area contributed by atoms with Crippen molar-refractivity contribution in [3.63, 3.8) is 0 Å². The lowest BCUT2D eigenvalue weighted by Crippen LogP contribution is -2.37. The van der Waals surface area contributed by atoms with E-state index >= 15 is 0 Å². The van der Waals surface area contributed by atoms with E-state index in [9.17, 15) is 0 Å². The van der Waals surface area contributed by atoms with Crippen LogP contribution in [0.1, 0.15) is 46.5 Å². The highest BCUT2D eigenvalue weighted by Crippen LogP contribution is 2.18. The van der Waals surface area contributed by atoms with Crippen molar-refractivity contribution >= 4 is 0 Å². The maximum Gasteiger partial charge on any atom is 0.00798 e. The maximum atomic E-state index is 3.71. The van der Waals surface area contributed by atoms with E-state index in [-0.39, 0.29) is 0 Å². The van der Waals surface area contributed by atoms with Crippen LogP contribution in [0.15, 0.2) is 0 Å². The third-order valence-corrected chi connectivity index (χ3v) is 3.40.